The Kier molecular flexibility index (Phi) is 3.93. The number of benzene rings is 1. The number of rotatable bonds is 3. The second kappa shape index (κ2) is 5.66. The summed E-state index contributed by atoms with van der Waals surface area (Å²) in [6, 6.07) is 10.8. The Morgan fingerprint density at radius 3 is 2.16 bits per heavy atom. The summed E-state index contributed by atoms with van der Waals surface area (Å²) in [5.74, 6) is 0.540. The highest BCUT2D eigenvalue weighted by atomic mass is 16.3. The molecule has 0 spiro atoms. The van der Waals surface area contributed by atoms with Crippen LogP contribution in [0.5, 0.6) is 0 Å². The van der Waals surface area contributed by atoms with Crippen molar-refractivity contribution in [3.63, 3.8) is 0 Å². The predicted octanol–water partition coefficient (Wildman–Crippen LogP) is 4.44. The second-order valence-electron chi connectivity index (χ2n) is 6.57. The van der Waals surface area contributed by atoms with E-state index in [0.717, 1.165) is 0 Å². The quantitative estimate of drug-likeness (QED) is 0.849. The van der Waals surface area contributed by atoms with Crippen LogP contribution in [-0.2, 0) is 5.41 Å². The molecule has 1 aromatic carbocycles. The Morgan fingerprint density at radius 2 is 1.53 bits per heavy atom. The minimum atomic E-state index is -0.127. The van der Waals surface area contributed by atoms with Gasteiger partial charge in [-0.15, -0.1) is 0 Å². The highest BCUT2D eigenvalue weighted by Crippen LogP contribution is 2.47. The highest BCUT2D eigenvalue weighted by Gasteiger charge is 2.44. The van der Waals surface area contributed by atoms with Crippen LogP contribution in [0.2, 0.25) is 0 Å². The molecule has 1 aromatic rings. The summed E-state index contributed by atoms with van der Waals surface area (Å²) in [7, 11) is 0. The summed E-state index contributed by atoms with van der Waals surface area (Å²) in [4.78, 5) is 0. The summed E-state index contributed by atoms with van der Waals surface area (Å²) in [5.41, 5.74) is 1.43. The standard InChI is InChI=1S/C18H26O/c19-17(15-9-5-6-10-15)18(13-7-2-8-14-18)16-11-3-1-4-12-16/h1,3-4,11-12,15,17,19H,2,5-10,13-14H2. The van der Waals surface area contributed by atoms with Crippen LogP contribution in [0.4, 0.5) is 0 Å². The van der Waals surface area contributed by atoms with E-state index in [0.29, 0.717) is 5.92 Å². The smallest absolute Gasteiger partial charge is 0.0664 e. The Morgan fingerprint density at radius 1 is 0.895 bits per heavy atom. The van der Waals surface area contributed by atoms with E-state index in [1.807, 2.05) is 0 Å². The molecule has 0 bridgehead atoms. The molecule has 3 rings (SSSR count). The van der Waals surface area contributed by atoms with Crippen LogP contribution >= 0.6 is 0 Å². The van der Waals surface area contributed by atoms with Crippen LogP contribution in [0.1, 0.15) is 63.4 Å². The Bertz CT molecular complexity index is 385. The molecular formula is C18H26O. The van der Waals surface area contributed by atoms with Gasteiger partial charge in [0.2, 0.25) is 0 Å². The third-order valence-electron chi connectivity index (χ3n) is 5.51. The fraction of sp³-hybridized carbons (Fsp3) is 0.667. The van der Waals surface area contributed by atoms with E-state index in [1.165, 1.54) is 63.4 Å². The SMILES string of the molecule is OC(C1CCCC1)C1(c2ccccc2)CCCCC1. The second-order valence-corrected chi connectivity index (χ2v) is 6.57. The lowest BCUT2D eigenvalue weighted by atomic mass is 9.63. The maximum Gasteiger partial charge on any atom is 0.0664 e. The molecule has 0 aliphatic heterocycles. The van der Waals surface area contributed by atoms with E-state index < -0.39 is 0 Å². The normalized spacial score (nSPS) is 25.3. The van der Waals surface area contributed by atoms with Gasteiger partial charge in [-0.3, -0.25) is 0 Å². The molecule has 0 radical (unpaired) electrons. The van der Waals surface area contributed by atoms with Crippen LogP contribution in [0, 0.1) is 5.92 Å². The molecule has 0 amide bonds. The van der Waals surface area contributed by atoms with Gasteiger partial charge in [0.05, 0.1) is 6.10 Å². The van der Waals surface area contributed by atoms with E-state index in [2.05, 4.69) is 30.3 Å². The lowest BCUT2D eigenvalue weighted by Gasteiger charge is -2.44. The van der Waals surface area contributed by atoms with Gasteiger partial charge in [0.25, 0.3) is 0 Å². The molecule has 1 N–H and O–H groups in total. The highest BCUT2D eigenvalue weighted by molar-refractivity contribution is 5.28. The van der Waals surface area contributed by atoms with E-state index in [1.54, 1.807) is 0 Å². The maximum atomic E-state index is 11.1. The molecule has 2 aliphatic carbocycles. The molecule has 1 unspecified atom stereocenters. The molecule has 2 fully saturated rings. The van der Waals surface area contributed by atoms with Crippen molar-refractivity contribution < 1.29 is 5.11 Å². The van der Waals surface area contributed by atoms with Gasteiger partial charge in [-0.25, -0.2) is 0 Å². The fourth-order valence-corrected chi connectivity index (χ4v) is 4.43. The van der Waals surface area contributed by atoms with Crippen molar-refractivity contribution in [3.8, 4) is 0 Å². The average molecular weight is 258 g/mol. The Labute approximate surface area is 117 Å². The Hall–Kier alpha value is -0.820. The first-order valence-corrected chi connectivity index (χ1v) is 8.06. The summed E-state index contributed by atoms with van der Waals surface area (Å²) >= 11 is 0. The summed E-state index contributed by atoms with van der Waals surface area (Å²) in [6.07, 6.45) is 11.2. The van der Waals surface area contributed by atoms with Crippen molar-refractivity contribution in [1.29, 1.82) is 0 Å². The van der Waals surface area contributed by atoms with Gasteiger partial charge in [0.1, 0.15) is 0 Å². The van der Waals surface area contributed by atoms with Gasteiger partial charge in [-0.05, 0) is 37.2 Å². The van der Waals surface area contributed by atoms with Gasteiger partial charge in [0, 0.05) is 5.41 Å². The number of aliphatic hydroxyl groups is 1. The summed E-state index contributed by atoms with van der Waals surface area (Å²) in [5, 5.41) is 11.1. The molecule has 2 aliphatic rings. The van der Waals surface area contributed by atoms with E-state index in [4.69, 9.17) is 0 Å². The third-order valence-corrected chi connectivity index (χ3v) is 5.51. The van der Waals surface area contributed by atoms with Crippen molar-refractivity contribution in [2.45, 2.75) is 69.3 Å². The monoisotopic (exact) mass is 258 g/mol. The van der Waals surface area contributed by atoms with Crippen molar-refractivity contribution >= 4 is 0 Å². The molecule has 0 aromatic heterocycles. The van der Waals surface area contributed by atoms with Crippen LogP contribution in [-0.4, -0.2) is 11.2 Å². The number of hydrogen-bond acceptors (Lipinski definition) is 1. The van der Waals surface area contributed by atoms with Crippen LogP contribution in [0.25, 0.3) is 0 Å². The third kappa shape index (κ3) is 2.45. The zero-order valence-corrected chi connectivity index (χ0v) is 11.9. The molecule has 19 heavy (non-hydrogen) atoms. The molecule has 0 heterocycles. The van der Waals surface area contributed by atoms with Crippen LogP contribution in [0.3, 0.4) is 0 Å². The zero-order valence-electron chi connectivity index (χ0n) is 11.9. The van der Waals surface area contributed by atoms with Gasteiger partial charge in [0.15, 0.2) is 0 Å². The van der Waals surface area contributed by atoms with Crippen LogP contribution in [0.15, 0.2) is 30.3 Å². The first kappa shape index (κ1) is 13.2. The summed E-state index contributed by atoms with van der Waals surface area (Å²) in [6.45, 7) is 0. The number of hydrogen-bond donors (Lipinski definition) is 1. The van der Waals surface area contributed by atoms with E-state index >= 15 is 0 Å². The van der Waals surface area contributed by atoms with Gasteiger partial charge < -0.3 is 5.11 Å². The number of aliphatic hydroxyl groups excluding tert-OH is 1. The summed E-state index contributed by atoms with van der Waals surface area (Å²) < 4.78 is 0. The lowest BCUT2D eigenvalue weighted by molar-refractivity contribution is 0.00919. The molecule has 1 heteroatoms. The van der Waals surface area contributed by atoms with Crippen molar-refractivity contribution in [2.75, 3.05) is 0 Å². The molecule has 0 saturated heterocycles. The van der Waals surface area contributed by atoms with Gasteiger partial charge in [-0.1, -0.05) is 62.4 Å². The average Bonchev–Trinajstić information content (AvgIpc) is 3.02. The van der Waals surface area contributed by atoms with Crippen molar-refractivity contribution in [2.24, 2.45) is 5.92 Å². The first-order chi connectivity index (χ1) is 9.33. The fourth-order valence-electron chi connectivity index (χ4n) is 4.43. The van der Waals surface area contributed by atoms with Gasteiger partial charge >= 0.3 is 0 Å². The minimum absolute atomic E-state index is 0.0501. The topological polar surface area (TPSA) is 20.2 Å². The predicted molar refractivity (Wildman–Crippen MR) is 79.2 cm³/mol. The molecule has 1 atom stereocenters. The molecule has 104 valence electrons. The first-order valence-electron chi connectivity index (χ1n) is 8.06. The van der Waals surface area contributed by atoms with Crippen LogP contribution < -0.4 is 0 Å². The van der Waals surface area contributed by atoms with E-state index in [9.17, 15) is 5.11 Å². The Balaban J connectivity index is 1.91. The molecular weight excluding hydrogens is 232 g/mol. The largest absolute Gasteiger partial charge is 0.392 e. The zero-order chi connectivity index (χ0) is 13.1. The molecule has 1 nitrogen and oxygen atoms in total. The van der Waals surface area contributed by atoms with Crippen molar-refractivity contribution in [3.05, 3.63) is 35.9 Å². The maximum absolute atomic E-state index is 11.1. The van der Waals surface area contributed by atoms with Gasteiger partial charge in [-0.2, -0.15) is 0 Å². The van der Waals surface area contributed by atoms with E-state index in [-0.39, 0.29) is 11.5 Å². The lowest BCUT2D eigenvalue weighted by Crippen LogP contribution is -2.45. The minimum Gasteiger partial charge on any atom is -0.392 e. The molecule has 2 saturated carbocycles. The van der Waals surface area contributed by atoms with Crippen molar-refractivity contribution in [1.82, 2.24) is 0 Å².